The third kappa shape index (κ3) is 3.83. The van der Waals surface area contributed by atoms with Gasteiger partial charge in [-0.25, -0.2) is 0 Å². The summed E-state index contributed by atoms with van der Waals surface area (Å²) in [6, 6.07) is 8.90. The normalized spacial score (nSPS) is 15.1. The van der Waals surface area contributed by atoms with Gasteiger partial charge in [0.2, 0.25) is 0 Å². The van der Waals surface area contributed by atoms with Gasteiger partial charge in [0.25, 0.3) is 0 Å². The second-order valence-corrected chi connectivity index (χ2v) is 4.06. The van der Waals surface area contributed by atoms with Gasteiger partial charge in [-0.15, -0.1) is 0 Å². The van der Waals surface area contributed by atoms with E-state index in [-0.39, 0.29) is 0 Å². The molecule has 0 unspecified atom stereocenters. The van der Waals surface area contributed by atoms with Crippen LogP contribution in [-0.2, 0) is 11.3 Å². The lowest BCUT2D eigenvalue weighted by molar-refractivity contribution is 0.0224. The Hall–Kier alpha value is -1.06. The van der Waals surface area contributed by atoms with Crippen molar-refractivity contribution in [3.63, 3.8) is 0 Å². The molecular formula is C13H19NO2. The summed E-state index contributed by atoms with van der Waals surface area (Å²) in [6.07, 6.45) is 2.64. The predicted octanol–water partition coefficient (Wildman–Crippen LogP) is 2.31. The van der Waals surface area contributed by atoms with Gasteiger partial charge in [-0.1, -0.05) is 12.1 Å². The first-order chi connectivity index (χ1) is 7.88. The summed E-state index contributed by atoms with van der Waals surface area (Å²) in [5.74, 6) is 0.878. The summed E-state index contributed by atoms with van der Waals surface area (Å²) in [5, 5.41) is 3.48. The monoisotopic (exact) mass is 221 g/mol. The first-order valence-corrected chi connectivity index (χ1v) is 5.91. The zero-order valence-corrected chi connectivity index (χ0v) is 9.74. The van der Waals surface area contributed by atoms with Gasteiger partial charge in [0, 0.05) is 19.2 Å². The Labute approximate surface area is 96.8 Å². The SMILES string of the molecule is CCOCOc1cccc(CNC2CC2)c1. The molecule has 2 rings (SSSR count). The molecule has 0 heterocycles. The number of nitrogens with one attached hydrogen (secondary N) is 1. The van der Waals surface area contributed by atoms with Crippen LogP contribution in [0.5, 0.6) is 5.75 Å². The van der Waals surface area contributed by atoms with Gasteiger partial charge in [-0.2, -0.15) is 0 Å². The molecular weight excluding hydrogens is 202 g/mol. The zero-order chi connectivity index (χ0) is 11.2. The fourth-order valence-electron chi connectivity index (χ4n) is 1.49. The summed E-state index contributed by atoms with van der Waals surface area (Å²) >= 11 is 0. The van der Waals surface area contributed by atoms with Crippen LogP contribution >= 0.6 is 0 Å². The Bertz CT molecular complexity index is 323. The fourth-order valence-corrected chi connectivity index (χ4v) is 1.49. The molecule has 1 N–H and O–H groups in total. The maximum absolute atomic E-state index is 5.46. The second-order valence-electron chi connectivity index (χ2n) is 4.06. The molecule has 16 heavy (non-hydrogen) atoms. The summed E-state index contributed by atoms with van der Waals surface area (Å²) in [6.45, 7) is 3.90. The lowest BCUT2D eigenvalue weighted by Gasteiger charge is -2.08. The van der Waals surface area contributed by atoms with E-state index in [2.05, 4.69) is 17.4 Å². The van der Waals surface area contributed by atoms with E-state index < -0.39 is 0 Å². The van der Waals surface area contributed by atoms with Crippen molar-refractivity contribution in [3.05, 3.63) is 29.8 Å². The van der Waals surface area contributed by atoms with Crippen LogP contribution in [0.25, 0.3) is 0 Å². The number of hydrogen-bond donors (Lipinski definition) is 1. The van der Waals surface area contributed by atoms with E-state index in [0.717, 1.165) is 18.3 Å². The standard InChI is InChI=1S/C13H19NO2/c1-2-15-10-16-13-5-3-4-11(8-13)9-14-12-6-7-12/h3-5,8,12,14H,2,6-7,9-10H2,1H3. The van der Waals surface area contributed by atoms with Crippen LogP contribution in [0.3, 0.4) is 0 Å². The van der Waals surface area contributed by atoms with Gasteiger partial charge in [0.15, 0.2) is 6.79 Å². The van der Waals surface area contributed by atoms with Crippen LogP contribution < -0.4 is 10.1 Å². The van der Waals surface area contributed by atoms with E-state index in [1.54, 1.807) is 0 Å². The fraction of sp³-hybridized carbons (Fsp3) is 0.538. The average molecular weight is 221 g/mol. The highest BCUT2D eigenvalue weighted by molar-refractivity contribution is 5.28. The Balaban J connectivity index is 1.80. The largest absolute Gasteiger partial charge is 0.468 e. The van der Waals surface area contributed by atoms with E-state index >= 15 is 0 Å². The van der Waals surface area contributed by atoms with E-state index in [1.165, 1.54) is 18.4 Å². The molecule has 0 aromatic heterocycles. The predicted molar refractivity (Wildman–Crippen MR) is 63.4 cm³/mol. The highest BCUT2D eigenvalue weighted by Crippen LogP contribution is 2.20. The van der Waals surface area contributed by atoms with Crippen LogP contribution in [0.4, 0.5) is 0 Å². The van der Waals surface area contributed by atoms with E-state index in [9.17, 15) is 0 Å². The minimum Gasteiger partial charge on any atom is -0.468 e. The van der Waals surface area contributed by atoms with Crippen molar-refractivity contribution >= 4 is 0 Å². The molecule has 1 aromatic carbocycles. The first kappa shape index (κ1) is 11.4. The Morgan fingerprint density at radius 3 is 3.00 bits per heavy atom. The van der Waals surface area contributed by atoms with Crippen LogP contribution in [0.15, 0.2) is 24.3 Å². The number of hydrogen-bond acceptors (Lipinski definition) is 3. The van der Waals surface area contributed by atoms with Crippen LogP contribution in [0.2, 0.25) is 0 Å². The molecule has 1 fully saturated rings. The lowest BCUT2D eigenvalue weighted by Crippen LogP contribution is -2.15. The van der Waals surface area contributed by atoms with Crippen molar-refractivity contribution in [1.82, 2.24) is 5.32 Å². The molecule has 0 atom stereocenters. The molecule has 0 aliphatic heterocycles. The molecule has 1 aliphatic rings. The smallest absolute Gasteiger partial charge is 0.189 e. The highest BCUT2D eigenvalue weighted by atomic mass is 16.7. The minimum absolute atomic E-state index is 0.329. The van der Waals surface area contributed by atoms with Crippen LogP contribution in [-0.4, -0.2) is 19.4 Å². The molecule has 0 radical (unpaired) electrons. The van der Waals surface area contributed by atoms with Crippen molar-refractivity contribution in [3.8, 4) is 5.75 Å². The third-order valence-corrected chi connectivity index (χ3v) is 2.58. The molecule has 0 spiro atoms. The zero-order valence-electron chi connectivity index (χ0n) is 9.74. The Morgan fingerprint density at radius 1 is 1.38 bits per heavy atom. The van der Waals surface area contributed by atoms with Gasteiger partial charge in [0.05, 0.1) is 0 Å². The summed E-state index contributed by atoms with van der Waals surface area (Å²) < 4.78 is 10.6. The van der Waals surface area contributed by atoms with Gasteiger partial charge in [0.1, 0.15) is 5.75 Å². The molecule has 1 aliphatic carbocycles. The highest BCUT2D eigenvalue weighted by Gasteiger charge is 2.19. The van der Waals surface area contributed by atoms with Gasteiger partial charge < -0.3 is 14.8 Å². The molecule has 3 heteroatoms. The van der Waals surface area contributed by atoms with Crippen molar-refractivity contribution in [2.45, 2.75) is 32.4 Å². The molecule has 1 saturated carbocycles. The number of rotatable bonds is 7. The van der Waals surface area contributed by atoms with Crippen molar-refractivity contribution in [1.29, 1.82) is 0 Å². The molecule has 1 aromatic rings. The topological polar surface area (TPSA) is 30.5 Å². The third-order valence-electron chi connectivity index (χ3n) is 2.58. The van der Waals surface area contributed by atoms with Crippen molar-refractivity contribution < 1.29 is 9.47 Å². The lowest BCUT2D eigenvalue weighted by atomic mass is 10.2. The number of benzene rings is 1. The molecule has 0 saturated heterocycles. The Morgan fingerprint density at radius 2 is 2.25 bits per heavy atom. The first-order valence-electron chi connectivity index (χ1n) is 5.91. The summed E-state index contributed by atoms with van der Waals surface area (Å²) in [5.41, 5.74) is 1.26. The Kier molecular flexibility index (Phi) is 4.19. The molecule has 0 amide bonds. The second kappa shape index (κ2) is 5.87. The van der Waals surface area contributed by atoms with Gasteiger partial charge in [-0.3, -0.25) is 0 Å². The average Bonchev–Trinajstić information content (AvgIpc) is 3.11. The van der Waals surface area contributed by atoms with Crippen molar-refractivity contribution in [2.24, 2.45) is 0 Å². The summed E-state index contributed by atoms with van der Waals surface area (Å²) in [7, 11) is 0. The van der Waals surface area contributed by atoms with Crippen LogP contribution in [0.1, 0.15) is 25.3 Å². The van der Waals surface area contributed by atoms with Gasteiger partial charge >= 0.3 is 0 Å². The molecule has 88 valence electrons. The quantitative estimate of drug-likeness (QED) is 0.566. The minimum atomic E-state index is 0.329. The maximum atomic E-state index is 5.46. The van der Waals surface area contributed by atoms with E-state index in [4.69, 9.17) is 9.47 Å². The maximum Gasteiger partial charge on any atom is 0.189 e. The molecule has 3 nitrogen and oxygen atoms in total. The van der Waals surface area contributed by atoms with E-state index in [0.29, 0.717) is 13.4 Å². The van der Waals surface area contributed by atoms with E-state index in [1.807, 2.05) is 19.1 Å². The van der Waals surface area contributed by atoms with Gasteiger partial charge in [-0.05, 0) is 37.5 Å². The molecule has 0 bridgehead atoms. The number of ether oxygens (including phenoxy) is 2. The summed E-state index contributed by atoms with van der Waals surface area (Å²) in [4.78, 5) is 0. The van der Waals surface area contributed by atoms with Crippen molar-refractivity contribution in [2.75, 3.05) is 13.4 Å². The van der Waals surface area contributed by atoms with Crippen LogP contribution in [0, 0.1) is 0 Å².